The van der Waals surface area contributed by atoms with Crippen LogP contribution < -0.4 is 18.9 Å². The Balaban J connectivity index is 1.44. The summed E-state index contributed by atoms with van der Waals surface area (Å²) in [6.45, 7) is 0. The molecule has 8 nitrogen and oxygen atoms in total. The molecule has 0 unspecified atom stereocenters. The van der Waals surface area contributed by atoms with Gasteiger partial charge < -0.3 is 18.9 Å². The maximum absolute atomic E-state index is 9.71. The van der Waals surface area contributed by atoms with Gasteiger partial charge in [-0.1, -0.05) is 42.5 Å². The second kappa shape index (κ2) is 12.4. The molecule has 0 radical (unpaired) electrons. The van der Waals surface area contributed by atoms with Gasteiger partial charge in [-0.05, 0) is 48.5 Å². The number of para-hydroxylation sites is 2. The molecule has 198 valence electrons. The summed E-state index contributed by atoms with van der Waals surface area (Å²) < 4.78 is 23.8. The Kier molecular flexibility index (Phi) is 7.93. The van der Waals surface area contributed by atoms with Crippen molar-refractivity contribution < 1.29 is 18.9 Å². The minimum atomic E-state index is 0.139. The van der Waals surface area contributed by atoms with Crippen LogP contribution in [0.1, 0.15) is 22.3 Å². The molecule has 0 bridgehead atoms. The fraction of sp³-hybridized carbons (Fsp3) is 0. The zero-order chi connectivity index (χ0) is 29.3. The van der Waals surface area contributed by atoms with Crippen LogP contribution in [0.15, 0.2) is 109 Å². The van der Waals surface area contributed by atoms with E-state index < -0.39 is 0 Å². The molecular formula is C34H18N4O4. The van der Waals surface area contributed by atoms with Crippen molar-refractivity contribution in [3.8, 4) is 70.3 Å². The van der Waals surface area contributed by atoms with Gasteiger partial charge in [0.25, 0.3) is 0 Å². The van der Waals surface area contributed by atoms with Crippen LogP contribution in [0.25, 0.3) is 0 Å². The van der Waals surface area contributed by atoms with Gasteiger partial charge in [-0.2, -0.15) is 21.0 Å². The summed E-state index contributed by atoms with van der Waals surface area (Å²) in [6.07, 6.45) is 0. The minimum absolute atomic E-state index is 0.139. The molecule has 0 spiro atoms. The lowest BCUT2D eigenvalue weighted by molar-refractivity contribution is 0.445. The van der Waals surface area contributed by atoms with Gasteiger partial charge in [0.15, 0.2) is 0 Å². The van der Waals surface area contributed by atoms with E-state index in [0.29, 0.717) is 23.0 Å². The SMILES string of the molecule is N#Cc1cc(C#N)c(Oc2cccc(Oc3cc(Oc4ccccc4)c(C#N)cc3C#N)c2)cc1Oc1ccccc1. The van der Waals surface area contributed by atoms with Crippen LogP contribution in [0.2, 0.25) is 0 Å². The number of hydrogen-bond donors (Lipinski definition) is 0. The highest BCUT2D eigenvalue weighted by molar-refractivity contribution is 5.59. The first-order chi connectivity index (χ1) is 20.6. The lowest BCUT2D eigenvalue weighted by Gasteiger charge is -2.14. The lowest BCUT2D eigenvalue weighted by Crippen LogP contribution is -1.96. The van der Waals surface area contributed by atoms with Crippen molar-refractivity contribution in [1.82, 2.24) is 0 Å². The van der Waals surface area contributed by atoms with E-state index in [4.69, 9.17) is 18.9 Å². The molecule has 0 aliphatic carbocycles. The molecule has 5 aromatic carbocycles. The summed E-state index contributed by atoms with van der Waals surface area (Å²) in [7, 11) is 0. The quantitative estimate of drug-likeness (QED) is 0.190. The molecule has 0 saturated heterocycles. The topological polar surface area (TPSA) is 132 Å². The summed E-state index contributed by atoms with van der Waals surface area (Å²) >= 11 is 0. The van der Waals surface area contributed by atoms with Crippen molar-refractivity contribution in [2.75, 3.05) is 0 Å². The van der Waals surface area contributed by atoms with Crippen molar-refractivity contribution >= 4 is 0 Å². The Hall–Kier alpha value is -6.74. The standard InChI is InChI=1S/C34H18N4O4/c35-19-23-14-25(21-37)33(17-31(23)39-27-8-3-1-4-9-27)41-29-12-7-13-30(16-29)42-34-18-32(24(20-36)15-26(34)22-38)40-28-10-5-2-6-11-28/h1-18H. The van der Waals surface area contributed by atoms with Crippen molar-refractivity contribution in [2.45, 2.75) is 0 Å². The van der Waals surface area contributed by atoms with Gasteiger partial charge in [0.2, 0.25) is 0 Å². The zero-order valence-corrected chi connectivity index (χ0v) is 21.8. The maximum atomic E-state index is 9.71. The Morgan fingerprint density at radius 3 is 0.976 bits per heavy atom. The predicted octanol–water partition coefficient (Wildman–Crippen LogP) is 8.34. The summed E-state index contributed by atoms with van der Waals surface area (Å²) in [5, 5.41) is 38.6. The van der Waals surface area contributed by atoms with Gasteiger partial charge in [0.1, 0.15) is 70.3 Å². The number of rotatable bonds is 8. The fourth-order valence-corrected chi connectivity index (χ4v) is 3.90. The largest absolute Gasteiger partial charge is 0.456 e. The van der Waals surface area contributed by atoms with Crippen LogP contribution in [0.5, 0.6) is 46.0 Å². The van der Waals surface area contributed by atoms with Gasteiger partial charge in [0.05, 0.1) is 22.3 Å². The second-order valence-electron chi connectivity index (χ2n) is 8.65. The summed E-state index contributed by atoms with van der Waals surface area (Å²) in [5.41, 5.74) is 0.635. The van der Waals surface area contributed by atoms with E-state index in [0.717, 1.165) is 0 Å². The van der Waals surface area contributed by atoms with E-state index in [1.807, 2.05) is 36.4 Å². The first kappa shape index (κ1) is 26.9. The average molecular weight is 547 g/mol. The number of benzene rings is 5. The van der Waals surface area contributed by atoms with Gasteiger partial charge in [-0.3, -0.25) is 0 Å². The van der Waals surface area contributed by atoms with Crippen molar-refractivity contribution in [1.29, 1.82) is 21.0 Å². The van der Waals surface area contributed by atoms with Crippen molar-refractivity contribution in [3.63, 3.8) is 0 Å². The van der Waals surface area contributed by atoms with E-state index in [1.54, 1.807) is 72.8 Å². The number of hydrogen-bond acceptors (Lipinski definition) is 8. The third-order valence-corrected chi connectivity index (χ3v) is 5.85. The number of ether oxygens (including phenoxy) is 4. The summed E-state index contributed by atoms with van der Waals surface area (Å²) in [6, 6.07) is 38.4. The predicted molar refractivity (Wildman–Crippen MR) is 151 cm³/mol. The fourth-order valence-electron chi connectivity index (χ4n) is 3.90. The van der Waals surface area contributed by atoms with E-state index in [-0.39, 0.29) is 45.3 Å². The Morgan fingerprint density at radius 2 is 0.643 bits per heavy atom. The molecule has 0 heterocycles. The summed E-state index contributed by atoms with van der Waals surface area (Å²) in [5.74, 6) is 2.50. The van der Waals surface area contributed by atoms with E-state index >= 15 is 0 Å². The maximum Gasteiger partial charge on any atom is 0.148 e. The smallest absolute Gasteiger partial charge is 0.148 e. The molecule has 0 saturated carbocycles. The van der Waals surface area contributed by atoms with E-state index in [9.17, 15) is 21.0 Å². The minimum Gasteiger partial charge on any atom is -0.456 e. The van der Waals surface area contributed by atoms with Crippen LogP contribution in [-0.4, -0.2) is 0 Å². The Labute approximate surface area is 241 Å². The Bertz CT molecular complexity index is 1790. The van der Waals surface area contributed by atoms with Crippen LogP contribution in [-0.2, 0) is 0 Å². The molecule has 0 fully saturated rings. The molecule has 0 aliphatic rings. The molecular weight excluding hydrogens is 528 g/mol. The van der Waals surface area contributed by atoms with Gasteiger partial charge in [0, 0.05) is 18.2 Å². The normalized spacial score (nSPS) is 9.81. The number of nitrogens with zero attached hydrogens (tertiary/aromatic N) is 4. The second-order valence-corrected chi connectivity index (χ2v) is 8.65. The van der Waals surface area contributed by atoms with E-state index in [2.05, 4.69) is 0 Å². The highest BCUT2D eigenvalue weighted by atomic mass is 16.5. The molecule has 0 amide bonds. The molecule has 5 aromatic rings. The Morgan fingerprint density at radius 1 is 0.333 bits per heavy atom. The first-order valence-corrected chi connectivity index (χ1v) is 12.5. The molecule has 5 rings (SSSR count). The molecule has 0 aliphatic heterocycles. The van der Waals surface area contributed by atoms with Gasteiger partial charge in [-0.25, -0.2) is 0 Å². The monoisotopic (exact) mass is 546 g/mol. The highest BCUT2D eigenvalue weighted by Gasteiger charge is 2.16. The van der Waals surface area contributed by atoms with E-state index in [1.165, 1.54) is 24.3 Å². The molecule has 42 heavy (non-hydrogen) atoms. The third kappa shape index (κ3) is 6.11. The van der Waals surface area contributed by atoms with Gasteiger partial charge in [-0.15, -0.1) is 0 Å². The summed E-state index contributed by atoms with van der Waals surface area (Å²) in [4.78, 5) is 0. The lowest BCUT2D eigenvalue weighted by atomic mass is 10.1. The average Bonchev–Trinajstić information content (AvgIpc) is 3.02. The zero-order valence-electron chi connectivity index (χ0n) is 21.8. The van der Waals surface area contributed by atoms with Gasteiger partial charge >= 0.3 is 0 Å². The molecule has 0 N–H and O–H groups in total. The van der Waals surface area contributed by atoms with Crippen molar-refractivity contribution in [2.24, 2.45) is 0 Å². The molecule has 8 heteroatoms. The molecule has 0 aromatic heterocycles. The van der Waals surface area contributed by atoms with Crippen LogP contribution >= 0.6 is 0 Å². The van der Waals surface area contributed by atoms with Crippen LogP contribution in [0.3, 0.4) is 0 Å². The van der Waals surface area contributed by atoms with Crippen LogP contribution in [0.4, 0.5) is 0 Å². The highest BCUT2D eigenvalue weighted by Crippen LogP contribution is 2.38. The number of nitriles is 4. The van der Waals surface area contributed by atoms with Crippen molar-refractivity contribution in [3.05, 3.63) is 131 Å². The third-order valence-electron chi connectivity index (χ3n) is 5.85. The first-order valence-electron chi connectivity index (χ1n) is 12.5. The van der Waals surface area contributed by atoms with Crippen LogP contribution in [0, 0.1) is 45.3 Å². The molecule has 0 atom stereocenters.